The van der Waals surface area contributed by atoms with E-state index < -0.39 is 0 Å². The fourth-order valence-electron chi connectivity index (χ4n) is 4.92. The van der Waals surface area contributed by atoms with Crippen LogP contribution in [0, 0.1) is 10.8 Å². The molecule has 3 fully saturated rings. The van der Waals surface area contributed by atoms with Crippen LogP contribution in [0.3, 0.4) is 0 Å². The molecule has 1 unspecified atom stereocenters. The van der Waals surface area contributed by atoms with E-state index in [-0.39, 0.29) is 16.9 Å². The van der Waals surface area contributed by atoms with Gasteiger partial charge in [0.2, 0.25) is 0 Å². The van der Waals surface area contributed by atoms with Crippen LogP contribution in [0.1, 0.15) is 51.4 Å². The standard InChI is InChI=1S/C15H22O/c1-11-5-3-6-14-7-4-8-15(14,10-11)12(2)9-13(14)16/h13,16H,1-10H2/t13?,14-,15-/m1/s1. The first-order chi connectivity index (χ1) is 7.61. The van der Waals surface area contributed by atoms with Gasteiger partial charge in [-0.15, -0.1) is 0 Å². The molecule has 0 heterocycles. The Morgan fingerprint density at radius 3 is 2.69 bits per heavy atom. The molecule has 0 spiro atoms. The molecule has 0 aromatic rings. The van der Waals surface area contributed by atoms with E-state index in [9.17, 15) is 5.11 Å². The van der Waals surface area contributed by atoms with Gasteiger partial charge in [-0.1, -0.05) is 30.7 Å². The molecule has 16 heavy (non-hydrogen) atoms. The van der Waals surface area contributed by atoms with E-state index in [0.29, 0.717) is 0 Å². The number of aliphatic hydroxyl groups excluding tert-OH is 1. The van der Waals surface area contributed by atoms with Gasteiger partial charge in [-0.2, -0.15) is 0 Å². The van der Waals surface area contributed by atoms with Crippen LogP contribution in [0.2, 0.25) is 0 Å². The molecule has 3 saturated carbocycles. The highest BCUT2D eigenvalue weighted by atomic mass is 16.3. The quantitative estimate of drug-likeness (QED) is 0.616. The lowest BCUT2D eigenvalue weighted by Crippen LogP contribution is -2.39. The zero-order valence-electron chi connectivity index (χ0n) is 10.1. The number of allylic oxidation sites excluding steroid dienone is 1. The highest BCUT2D eigenvalue weighted by Crippen LogP contribution is 2.70. The first kappa shape index (κ1) is 10.6. The van der Waals surface area contributed by atoms with E-state index in [4.69, 9.17) is 0 Å². The van der Waals surface area contributed by atoms with Crippen LogP contribution >= 0.6 is 0 Å². The third-order valence-electron chi connectivity index (χ3n) is 5.64. The van der Waals surface area contributed by atoms with Crippen molar-refractivity contribution in [1.29, 1.82) is 0 Å². The summed E-state index contributed by atoms with van der Waals surface area (Å²) in [6, 6.07) is 0. The lowest BCUT2D eigenvalue weighted by atomic mass is 9.63. The molecule has 1 heteroatoms. The summed E-state index contributed by atoms with van der Waals surface area (Å²) < 4.78 is 0. The zero-order chi connectivity index (χ0) is 11.4. The van der Waals surface area contributed by atoms with Gasteiger partial charge < -0.3 is 5.11 Å². The molecule has 0 amide bonds. The highest BCUT2D eigenvalue weighted by molar-refractivity contribution is 5.32. The van der Waals surface area contributed by atoms with Crippen LogP contribution in [0.4, 0.5) is 0 Å². The van der Waals surface area contributed by atoms with Crippen molar-refractivity contribution in [3.63, 3.8) is 0 Å². The minimum absolute atomic E-state index is 0.131. The van der Waals surface area contributed by atoms with Crippen molar-refractivity contribution in [3.05, 3.63) is 24.3 Å². The Morgan fingerprint density at radius 2 is 1.88 bits per heavy atom. The Labute approximate surface area is 98.2 Å². The highest BCUT2D eigenvalue weighted by Gasteiger charge is 2.63. The van der Waals surface area contributed by atoms with E-state index >= 15 is 0 Å². The summed E-state index contributed by atoms with van der Waals surface area (Å²) in [6.07, 6.45) is 9.08. The van der Waals surface area contributed by atoms with E-state index in [0.717, 1.165) is 19.3 Å². The lowest BCUT2D eigenvalue weighted by Gasteiger charge is -2.42. The molecule has 3 atom stereocenters. The fraction of sp³-hybridized carbons (Fsp3) is 0.733. The summed E-state index contributed by atoms with van der Waals surface area (Å²) in [6.45, 7) is 8.52. The molecule has 1 nitrogen and oxygen atoms in total. The third kappa shape index (κ3) is 1.05. The second-order valence-electron chi connectivity index (χ2n) is 6.20. The first-order valence-corrected chi connectivity index (χ1v) is 6.64. The maximum Gasteiger partial charge on any atom is 0.0642 e. The van der Waals surface area contributed by atoms with Gasteiger partial charge in [-0.3, -0.25) is 0 Å². The fourth-order valence-corrected chi connectivity index (χ4v) is 4.92. The van der Waals surface area contributed by atoms with Crippen molar-refractivity contribution in [2.45, 2.75) is 57.5 Å². The van der Waals surface area contributed by atoms with E-state index in [2.05, 4.69) is 13.2 Å². The van der Waals surface area contributed by atoms with Crippen LogP contribution in [0.15, 0.2) is 24.3 Å². The average molecular weight is 218 g/mol. The average Bonchev–Trinajstić information content (AvgIpc) is 2.61. The monoisotopic (exact) mass is 218 g/mol. The summed E-state index contributed by atoms with van der Waals surface area (Å²) in [5, 5.41) is 10.5. The van der Waals surface area contributed by atoms with E-state index in [1.807, 2.05) is 0 Å². The van der Waals surface area contributed by atoms with Crippen LogP contribution in [0.25, 0.3) is 0 Å². The molecule has 0 saturated heterocycles. The van der Waals surface area contributed by atoms with Gasteiger partial charge in [-0.25, -0.2) is 0 Å². The summed E-state index contributed by atoms with van der Waals surface area (Å²) in [4.78, 5) is 0. The predicted molar refractivity (Wildman–Crippen MR) is 66.1 cm³/mol. The Kier molecular flexibility index (Phi) is 2.13. The lowest BCUT2D eigenvalue weighted by molar-refractivity contribution is -0.00336. The van der Waals surface area contributed by atoms with Crippen molar-refractivity contribution >= 4 is 0 Å². The molecule has 0 bridgehead atoms. The minimum Gasteiger partial charge on any atom is -0.392 e. The van der Waals surface area contributed by atoms with Crippen molar-refractivity contribution in [3.8, 4) is 0 Å². The Bertz CT molecular complexity index is 356. The topological polar surface area (TPSA) is 20.2 Å². The summed E-state index contributed by atoms with van der Waals surface area (Å²) in [5.41, 5.74) is 3.10. The number of hydrogen-bond acceptors (Lipinski definition) is 1. The van der Waals surface area contributed by atoms with Crippen LogP contribution in [-0.4, -0.2) is 11.2 Å². The van der Waals surface area contributed by atoms with Crippen LogP contribution < -0.4 is 0 Å². The molecule has 1 N–H and O–H groups in total. The van der Waals surface area contributed by atoms with Crippen LogP contribution in [0.5, 0.6) is 0 Å². The van der Waals surface area contributed by atoms with Gasteiger partial charge in [0.25, 0.3) is 0 Å². The maximum absolute atomic E-state index is 10.5. The van der Waals surface area contributed by atoms with Crippen molar-refractivity contribution in [1.82, 2.24) is 0 Å². The third-order valence-corrected chi connectivity index (χ3v) is 5.64. The van der Waals surface area contributed by atoms with Gasteiger partial charge in [0.05, 0.1) is 6.10 Å². The summed E-state index contributed by atoms with van der Waals surface area (Å²) in [7, 11) is 0. The summed E-state index contributed by atoms with van der Waals surface area (Å²) >= 11 is 0. The van der Waals surface area contributed by atoms with E-state index in [1.165, 1.54) is 43.3 Å². The Hall–Kier alpha value is -0.560. The molecule has 0 radical (unpaired) electrons. The van der Waals surface area contributed by atoms with E-state index in [1.54, 1.807) is 0 Å². The molecular weight excluding hydrogens is 196 g/mol. The summed E-state index contributed by atoms with van der Waals surface area (Å²) in [5.74, 6) is 0. The van der Waals surface area contributed by atoms with Gasteiger partial charge in [0.1, 0.15) is 0 Å². The molecule has 0 aromatic heterocycles. The number of hydrogen-bond donors (Lipinski definition) is 1. The molecule has 3 aliphatic carbocycles. The van der Waals surface area contributed by atoms with Crippen molar-refractivity contribution < 1.29 is 5.11 Å². The van der Waals surface area contributed by atoms with Crippen LogP contribution in [-0.2, 0) is 0 Å². The molecular formula is C15H22O. The molecule has 88 valence electrons. The SMILES string of the molecule is C=C1CCC[C@]23CCC[C@@]2(C1)C(=C)CC3O. The van der Waals surface area contributed by atoms with Gasteiger partial charge in [-0.05, 0) is 44.9 Å². The van der Waals surface area contributed by atoms with Crippen molar-refractivity contribution in [2.24, 2.45) is 10.8 Å². The largest absolute Gasteiger partial charge is 0.392 e. The Morgan fingerprint density at radius 1 is 1.12 bits per heavy atom. The molecule has 3 aliphatic rings. The molecule has 0 aromatic carbocycles. The second-order valence-corrected chi connectivity index (χ2v) is 6.20. The first-order valence-electron chi connectivity index (χ1n) is 6.64. The smallest absolute Gasteiger partial charge is 0.0642 e. The second kappa shape index (κ2) is 3.22. The van der Waals surface area contributed by atoms with Gasteiger partial charge in [0.15, 0.2) is 0 Å². The maximum atomic E-state index is 10.5. The van der Waals surface area contributed by atoms with Crippen molar-refractivity contribution in [2.75, 3.05) is 0 Å². The van der Waals surface area contributed by atoms with Gasteiger partial charge in [0, 0.05) is 10.8 Å². The predicted octanol–water partition coefficient (Wildman–Crippen LogP) is 3.59. The molecule has 0 aliphatic heterocycles. The number of rotatable bonds is 0. The van der Waals surface area contributed by atoms with Gasteiger partial charge >= 0.3 is 0 Å². The minimum atomic E-state index is -0.131. The molecule has 3 rings (SSSR count). The zero-order valence-corrected chi connectivity index (χ0v) is 10.1. The Balaban J connectivity index is 2.11. The number of aliphatic hydroxyl groups is 1. The normalized spacial score (nSPS) is 47.7.